The highest BCUT2D eigenvalue weighted by atomic mass is 19.1. The lowest BCUT2D eigenvalue weighted by Crippen LogP contribution is -2.35. The van der Waals surface area contributed by atoms with E-state index in [-0.39, 0.29) is 0 Å². The van der Waals surface area contributed by atoms with E-state index in [1.165, 1.54) is 5.56 Å². The number of rotatable bonds is 1. The van der Waals surface area contributed by atoms with Gasteiger partial charge in [-0.25, -0.2) is 9.37 Å². The van der Waals surface area contributed by atoms with E-state index in [1.807, 2.05) is 19.1 Å². The fourth-order valence-corrected chi connectivity index (χ4v) is 1.87. The normalized spacial score (nSPS) is 18.6. The predicted octanol–water partition coefficient (Wildman–Crippen LogP) is 2.33. The summed E-state index contributed by atoms with van der Waals surface area (Å²) in [5, 5.41) is 0. The molecule has 2 nitrogen and oxygen atoms in total. The highest BCUT2D eigenvalue weighted by molar-refractivity contribution is 5.46. The molecule has 1 saturated heterocycles. The molecule has 0 unspecified atom stereocenters. The monoisotopic (exact) mass is 194 g/mol. The van der Waals surface area contributed by atoms with Gasteiger partial charge in [-0.3, -0.25) is 0 Å². The van der Waals surface area contributed by atoms with Gasteiger partial charge in [0.1, 0.15) is 12.0 Å². The summed E-state index contributed by atoms with van der Waals surface area (Å²) < 4.78 is 12.9. The summed E-state index contributed by atoms with van der Waals surface area (Å²) in [4.78, 5) is 6.50. The molecule has 0 bridgehead atoms. The molecule has 3 heteroatoms. The number of aromatic nitrogens is 1. The van der Waals surface area contributed by atoms with Crippen LogP contribution in [0, 0.1) is 6.92 Å². The van der Waals surface area contributed by atoms with Crippen LogP contribution in [0.25, 0.3) is 0 Å². The van der Waals surface area contributed by atoms with E-state index >= 15 is 0 Å². The summed E-state index contributed by atoms with van der Waals surface area (Å²) in [5.74, 6) is 1.01. The minimum absolute atomic E-state index is 0.615. The van der Waals surface area contributed by atoms with Crippen molar-refractivity contribution in [2.75, 3.05) is 18.0 Å². The Morgan fingerprint density at radius 2 is 2.14 bits per heavy atom. The van der Waals surface area contributed by atoms with Crippen LogP contribution in [0.2, 0.25) is 0 Å². The standard InChI is InChI=1S/C11H15FN2/c1-9-3-2-6-13-11(9)14-7-4-10(12)5-8-14/h2-3,6,10H,4-5,7-8H2,1H3. The van der Waals surface area contributed by atoms with Crippen LogP contribution in [-0.4, -0.2) is 24.2 Å². The molecule has 2 rings (SSSR count). The van der Waals surface area contributed by atoms with Gasteiger partial charge in [0.2, 0.25) is 0 Å². The highest BCUT2D eigenvalue weighted by Gasteiger charge is 2.19. The van der Waals surface area contributed by atoms with Gasteiger partial charge in [0, 0.05) is 19.3 Å². The summed E-state index contributed by atoms with van der Waals surface area (Å²) in [6.45, 7) is 3.63. The van der Waals surface area contributed by atoms with E-state index in [1.54, 1.807) is 6.20 Å². The molecule has 1 aromatic heterocycles. The molecule has 0 saturated carbocycles. The van der Waals surface area contributed by atoms with E-state index < -0.39 is 6.17 Å². The second-order valence-corrected chi connectivity index (χ2v) is 3.81. The first kappa shape index (κ1) is 9.44. The minimum atomic E-state index is -0.615. The fourth-order valence-electron chi connectivity index (χ4n) is 1.87. The Morgan fingerprint density at radius 3 is 2.79 bits per heavy atom. The third kappa shape index (κ3) is 1.86. The van der Waals surface area contributed by atoms with Gasteiger partial charge < -0.3 is 4.90 Å². The summed E-state index contributed by atoms with van der Waals surface area (Å²) in [6, 6.07) is 3.98. The number of hydrogen-bond donors (Lipinski definition) is 0. The maximum atomic E-state index is 12.9. The zero-order valence-electron chi connectivity index (χ0n) is 8.41. The van der Waals surface area contributed by atoms with E-state index in [4.69, 9.17) is 0 Å². The Kier molecular flexibility index (Phi) is 2.66. The van der Waals surface area contributed by atoms with Gasteiger partial charge in [0.05, 0.1) is 0 Å². The van der Waals surface area contributed by atoms with E-state index in [0.717, 1.165) is 18.9 Å². The second kappa shape index (κ2) is 3.95. The van der Waals surface area contributed by atoms with Crippen LogP contribution in [0.4, 0.5) is 10.2 Å². The van der Waals surface area contributed by atoms with E-state index in [9.17, 15) is 4.39 Å². The second-order valence-electron chi connectivity index (χ2n) is 3.81. The molecule has 0 amide bonds. The first-order chi connectivity index (χ1) is 6.77. The Labute approximate surface area is 83.8 Å². The molecule has 76 valence electrons. The lowest BCUT2D eigenvalue weighted by atomic mass is 10.1. The van der Waals surface area contributed by atoms with Crippen molar-refractivity contribution in [2.45, 2.75) is 25.9 Å². The first-order valence-electron chi connectivity index (χ1n) is 5.08. The van der Waals surface area contributed by atoms with Crippen LogP contribution < -0.4 is 4.90 Å². The quantitative estimate of drug-likeness (QED) is 0.682. The average Bonchev–Trinajstić information content (AvgIpc) is 2.20. The number of nitrogens with zero attached hydrogens (tertiary/aromatic N) is 2. The Bertz CT molecular complexity index is 306. The van der Waals surface area contributed by atoms with Gasteiger partial charge in [-0.15, -0.1) is 0 Å². The third-order valence-corrected chi connectivity index (χ3v) is 2.71. The summed E-state index contributed by atoms with van der Waals surface area (Å²) >= 11 is 0. The SMILES string of the molecule is Cc1cccnc1N1CCC(F)CC1. The molecule has 0 aromatic carbocycles. The molecule has 2 heterocycles. The molecule has 0 radical (unpaired) electrons. The van der Waals surface area contributed by atoms with Crippen molar-refractivity contribution in [3.05, 3.63) is 23.9 Å². The van der Waals surface area contributed by atoms with Crippen LogP contribution in [-0.2, 0) is 0 Å². The number of hydrogen-bond acceptors (Lipinski definition) is 2. The van der Waals surface area contributed by atoms with Crippen LogP contribution in [0.3, 0.4) is 0 Å². The van der Waals surface area contributed by atoms with Crippen molar-refractivity contribution >= 4 is 5.82 Å². The molecular weight excluding hydrogens is 179 g/mol. The molecule has 1 aliphatic rings. The largest absolute Gasteiger partial charge is 0.356 e. The summed E-state index contributed by atoms with van der Waals surface area (Å²) in [6.07, 6.45) is 2.45. The smallest absolute Gasteiger partial charge is 0.131 e. The summed E-state index contributed by atoms with van der Waals surface area (Å²) in [5.41, 5.74) is 1.17. The number of piperidine rings is 1. The average molecular weight is 194 g/mol. The zero-order valence-corrected chi connectivity index (χ0v) is 8.41. The van der Waals surface area contributed by atoms with Crippen LogP contribution in [0.5, 0.6) is 0 Å². The molecule has 1 aliphatic heterocycles. The maximum Gasteiger partial charge on any atom is 0.131 e. The molecule has 0 N–H and O–H groups in total. The van der Waals surface area contributed by atoms with E-state index in [2.05, 4.69) is 9.88 Å². The van der Waals surface area contributed by atoms with Crippen molar-refractivity contribution in [1.29, 1.82) is 0 Å². The number of pyridine rings is 1. The highest BCUT2D eigenvalue weighted by Crippen LogP contribution is 2.21. The van der Waals surface area contributed by atoms with Crippen LogP contribution in [0.1, 0.15) is 18.4 Å². The van der Waals surface area contributed by atoms with Gasteiger partial charge in [0.15, 0.2) is 0 Å². The first-order valence-corrected chi connectivity index (χ1v) is 5.08. The number of halogens is 1. The van der Waals surface area contributed by atoms with Gasteiger partial charge in [-0.1, -0.05) is 6.07 Å². The van der Waals surface area contributed by atoms with E-state index in [0.29, 0.717) is 12.8 Å². The van der Waals surface area contributed by atoms with Gasteiger partial charge in [0.25, 0.3) is 0 Å². The predicted molar refractivity (Wildman–Crippen MR) is 55.3 cm³/mol. The minimum Gasteiger partial charge on any atom is -0.356 e. The number of aryl methyl sites for hydroxylation is 1. The molecule has 1 aromatic rings. The van der Waals surface area contributed by atoms with Crippen molar-refractivity contribution < 1.29 is 4.39 Å². The molecule has 0 aliphatic carbocycles. The third-order valence-electron chi connectivity index (χ3n) is 2.71. The zero-order chi connectivity index (χ0) is 9.97. The van der Waals surface area contributed by atoms with Gasteiger partial charge >= 0.3 is 0 Å². The van der Waals surface area contributed by atoms with Crippen molar-refractivity contribution in [1.82, 2.24) is 4.98 Å². The van der Waals surface area contributed by atoms with Crippen LogP contribution >= 0.6 is 0 Å². The number of anilines is 1. The molecule has 0 spiro atoms. The Balaban J connectivity index is 2.12. The van der Waals surface area contributed by atoms with Crippen molar-refractivity contribution in [2.24, 2.45) is 0 Å². The Hall–Kier alpha value is -1.12. The van der Waals surface area contributed by atoms with Crippen molar-refractivity contribution in [3.63, 3.8) is 0 Å². The molecule has 14 heavy (non-hydrogen) atoms. The lowest BCUT2D eigenvalue weighted by molar-refractivity contribution is 0.276. The van der Waals surface area contributed by atoms with Gasteiger partial charge in [-0.05, 0) is 31.4 Å². The van der Waals surface area contributed by atoms with Crippen molar-refractivity contribution in [3.8, 4) is 0 Å². The maximum absolute atomic E-state index is 12.9. The Morgan fingerprint density at radius 1 is 1.43 bits per heavy atom. The summed E-state index contributed by atoms with van der Waals surface area (Å²) in [7, 11) is 0. The number of alkyl halides is 1. The fraction of sp³-hybridized carbons (Fsp3) is 0.545. The lowest BCUT2D eigenvalue weighted by Gasteiger charge is -2.30. The molecule has 1 fully saturated rings. The van der Waals surface area contributed by atoms with Gasteiger partial charge in [-0.2, -0.15) is 0 Å². The molecular formula is C11H15FN2. The molecule has 0 atom stereocenters. The topological polar surface area (TPSA) is 16.1 Å². The van der Waals surface area contributed by atoms with Crippen LogP contribution in [0.15, 0.2) is 18.3 Å².